The van der Waals surface area contributed by atoms with Gasteiger partial charge in [0, 0.05) is 11.1 Å². The van der Waals surface area contributed by atoms with E-state index in [1.54, 1.807) is 0 Å². The molecule has 0 N–H and O–H groups in total. The van der Waals surface area contributed by atoms with Gasteiger partial charge in [-0.1, -0.05) is 42.8 Å². The number of nitrogens with zero attached hydrogens (tertiary/aromatic N) is 2. The summed E-state index contributed by atoms with van der Waals surface area (Å²) in [6, 6.07) is 8.17. The van der Waals surface area contributed by atoms with E-state index in [1.807, 2.05) is 12.1 Å². The Labute approximate surface area is 100 Å². The molecule has 1 heterocycles. The number of halogens is 1. The summed E-state index contributed by atoms with van der Waals surface area (Å²) in [5.74, 6) is 0. The Bertz CT molecular complexity index is 509. The molecule has 1 aromatic heterocycles. The van der Waals surface area contributed by atoms with Gasteiger partial charge < -0.3 is 0 Å². The highest BCUT2D eigenvalue weighted by molar-refractivity contribution is 6.30. The van der Waals surface area contributed by atoms with Crippen molar-refractivity contribution >= 4 is 11.6 Å². The van der Waals surface area contributed by atoms with Crippen LogP contribution in [0.1, 0.15) is 18.1 Å². The number of benzene rings is 1. The predicted molar refractivity (Wildman–Crippen MR) is 66.6 cm³/mol. The maximum atomic E-state index is 6.08. The van der Waals surface area contributed by atoms with Crippen molar-refractivity contribution in [3.63, 3.8) is 0 Å². The van der Waals surface area contributed by atoms with Gasteiger partial charge in [0.1, 0.15) is 11.5 Å². The van der Waals surface area contributed by atoms with Crippen LogP contribution < -0.4 is 0 Å². The van der Waals surface area contributed by atoms with Gasteiger partial charge >= 0.3 is 0 Å². The van der Waals surface area contributed by atoms with Crippen LogP contribution in [0.5, 0.6) is 0 Å². The van der Waals surface area contributed by atoms with Gasteiger partial charge in [0.05, 0.1) is 5.69 Å². The maximum absolute atomic E-state index is 6.08. The first-order valence-corrected chi connectivity index (χ1v) is 5.67. The van der Waals surface area contributed by atoms with Crippen molar-refractivity contribution in [1.82, 2.24) is 9.97 Å². The number of aryl methyl sites for hydroxylation is 1. The first-order valence-electron chi connectivity index (χ1n) is 5.29. The van der Waals surface area contributed by atoms with Gasteiger partial charge in [-0.3, -0.25) is 0 Å². The molecule has 2 rings (SSSR count). The lowest BCUT2D eigenvalue weighted by molar-refractivity contribution is 1.05. The van der Waals surface area contributed by atoms with Crippen LogP contribution in [0.15, 0.2) is 30.6 Å². The molecule has 2 aromatic rings. The third-order valence-electron chi connectivity index (χ3n) is 2.65. The first-order chi connectivity index (χ1) is 7.74. The first kappa shape index (κ1) is 11.1. The summed E-state index contributed by atoms with van der Waals surface area (Å²) < 4.78 is 0. The summed E-state index contributed by atoms with van der Waals surface area (Å²) in [5, 5.41) is 0.552. The average Bonchev–Trinajstić information content (AvgIpc) is 2.29. The molecule has 0 bridgehead atoms. The van der Waals surface area contributed by atoms with Crippen LogP contribution in [-0.4, -0.2) is 9.97 Å². The smallest absolute Gasteiger partial charge is 0.136 e. The molecule has 0 spiro atoms. The van der Waals surface area contributed by atoms with E-state index in [2.05, 4.69) is 35.9 Å². The van der Waals surface area contributed by atoms with E-state index in [4.69, 9.17) is 11.6 Å². The van der Waals surface area contributed by atoms with E-state index >= 15 is 0 Å². The molecule has 0 aliphatic heterocycles. The fourth-order valence-corrected chi connectivity index (χ4v) is 2.04. The Morgan fingerprint density at radius 1 is 1.19 bits per heavy atom. The minimum Gasteiger partial charge on any atom is -0.236 e. The van der Waals surface area contributed by atoms with Gasteiger partial charge in [0.15, 0.2) is 0 Å². The van der Waals surface area contributed by atoms with Crippen LogP contribution in [0, 0.1) is 6.92 Å². The molecule has 0 radical (unpaired) electrons. The van der Waals surface area contributed by atoms with Gasteiger partial charge in [-0.25, -0.2) is 9.97 Å². The summed E-state index contributed by atoms with van der Waals surface area (Å²) in [6.45, 7) is 4.14. The molecule has 0 unspecified atom stereocenters. The van der Waals surface area contributed by atoms with Gasteiger partial charge in [0.2, 0.25) is 0 Å². The van der Waals surface area contributed by atoms with Crippen LogP contribution in [0.2, 0.25) is 5.15 Å². The second kappa shape index (κ2) is 4.62. The molecular formula is C13H13ClN2. The van der Waals surface area contributed by atoms with Crippen LogP contribution in [-0.2, 0) is 6.42 Å². The lowest BCUT2D eigenvalue weighted by atomic mass is 10.0. The fraction of sp³-hybridized carbons (Fsp3) is 0.231. The van der Waals surface area contributed by atoms with E-state index < -0.39 is 0 Å². The quantitative estimate of drug-likeness (QED) is 0.739. The molecule has 82 valence electrons. The molecule has 0 fully saturated rings. The van der Waals surface area contributed by atoms with Crippen LogP contribution in [0.4, 0.5) is 0 Å². The highest BCUT2D eigenvalue weighted by Gasteiger charge is 2.11. The predicted octanol–water partition coefficient (Wildman–Crippen LogP) is 3.67. The van der Waals surface area contributed by atoms with Crippen molar-refractivity contribution in [1.29, 1.82) is 0 Å². The monoisotopic (exact) mass is 232 g/mol. The van der Waals surface area contributed by atoms with E-state index in [-0.39, 0.29) is 0 Å². The SMILES string of the molecule is CCc1c(Cl)ncnc1-c1ccccc1C. The lowest BCUT2D eigenvalue weighted by Crippen LogP contribution is -1.96. The Morgan fingerprint density at radius 3 is 2.62 bits per heavy atom. The van der Waals surface area contributed by atoms with E-state index in [0.29, 0.717) is 5.15 Å². The Morgan fingerprint density at radius 2 is 1.94 bits per heavy atom. The number of rotatable bonds is 2. The molecule has 2 nitrogen and oxygen atoms in total. The minimum absolute atomic E-state index is 0.552. The summed E-state index contributed by atoms with van der Waals surface area (Å²) in [5.41, 5.74) is 4.29. The van der Waals surface area contributed by atoms with Gasteiger partial charge in [-0.05, 0) is 18.9 Å². The zero-order valence-corrected chi connectivity index (χ0v) is 10.1. The van der Waals surface area contributed by atoms with E-state index in [9.17, 15) is 0 Å². The van der Waals surface area contributed by atoms with E-state index in [1.165, 1.54) is 11.9 Å². The van der Waals surface area contributed by atoms with Crippen molar-refractivity contribution < 1.29 is 0 Å². The molecule has 0 aliphatic carbocycles. The highest BCUT2D eigenvalue weighted by Crippen LogP contribution is 2.27. The third kappa shape index (κ3) is 1.93. The Hall–Kier alpha value is -1.41. The standard InChI is InChI=1S/C13H13ClN2/c1-3-10-12(15-8-16-13(10)14)11-7-5-4-6-9(11)2/h4-8H,3H2,1-2H3. The summed E-state index contributed by atoms with van der Waals surface area (Å²) in [7, 11) is 0. The topological polar surface area (TPSA) is 25.8 Å². The van der Waals surface area contributed by atoms with Crippen LogP contribution in [0.25, 0.3) is 11.3 Å². The van der Waals surface area contributed by atoms with Crippen molar-refractivity contribution in [2.45, 2.75) is 20.3 Å². The number of aromatic nitrogens is 2. The fourth-order valence-electron chi connectivity index (χ4n) is 1.77. The molecule has 0 aliphatic rings. The van der Waals surface area contributed by atoms with Gasteiger partial charge in [0.25, 0.3) is 0 Å². The molecule has 3 heteroatoms. The summed E-state index contributed by atoms with van der Waals surface area (Å²) in [4.78, 5) is 8.37. The zero-order valence-electron chi connectivity index (χ0n) is 9.37. The van der Waals surface area contributed by atoms with Crippen molar-refractivity contribution in [2.24, 2.45) is 0 Å². The largest absolute Gasteiger partial charge is 0.236 e. The third-order valence-corrected chi connectivity index (χ3v) is 2.97. The molecule has 1 aromatic carbocycles. The molecule has 0 saturated carbocycles. The van der Waals surface area contributed by atoms with E-state index in [0.717, 1.165) is 23.2 Å². The molecule has 0 saturated heterocycles. The number of hydrogen-bond acceptors (Lipinski definition) is 2. The van der Waals surface area contributed by atoms with Crippen molar-refractivity contribution in [3.8, 4) is 11.3 Å². The second-order valence-corrected chi connectivity index (χ2v) is 4.02. The van der Waals surface area contributed by atoms with Gasteiger partial charge in [-0.2, -0.15) is 0 Å². The maximum Gasteiger partial charge on any atom is 0.136 e. The van der Waals surface area contributed by atoms with Crippen LogP contribution >= 0.6 is 11.6 Å². The molecule has 0 atom stereocenters. The van der Waals surface area contributed by atoms with Crippen molar-refractivity contribution in [2.75, 3.05) is 0 Å². The lowest BCUT2D eigenvalue weighted by Gasteiger charge is -2.09. The Balaban J connectivity index is 2.65. The Kier molecular flexibility index (Phi) is 3.20. The van der Waals surface area contributed by atoms with Crippen molar-refractivity contribution in [3.05, 3.63) is 46.9 Å². The summed E-state index contributed by atoms with van der Waals surface area (Å²) >= 11 is 6.08. The summed E-state index contributed by atoms with van der Waals surface area (Å²) in [6.07, 6.45) is 2.35. The minimum atomic E-state index is 0.552. The van der Waals surface area contributed by atoms with Gasteiger partial charge in [-0.15, -0.1) is 0 Å². The average molecular weight is 233 g/mol. The molecule has 0 amide bonds. The normalized spacial score (nSPS) is 10.4. The zero-order chi connectivity index (χ0) is 11.5. The molecule has 16 heavy (non-hydrogen) atoms. The highest BCUT2D eigenvalue weighted by atomic mass is 35.5. The second-order valence-electron chi connectivity index (χ2n) is 3.66. The number of hydrogen-bond donors (Lipinski definition) is 0. The molecular weight excluding hydrogens is 220 g/mol. The van der Waals surface area contributed by atoms with Crippen LogP contribution in [0.3, 0.4) is 0 Å².